The van der Waals surface area contributed by atoms with Crippen LogP contribution in [0.25, 0.3) is 10.9 Å². The third-order valence-electron chi connectivity index (χ3n) is 3.79. The summed E-state index contributed by atoms with van der Waals surface area (Å²) in [6.07, 6.45) is 0. The highest BCUT2D eigenvalue weighted by Gasteiger charge is 2.06. The number of aromatic nitrogens is 1. The second-order valence-electron chi connectivity index (χ2n) is 5.19. The van der Waals surface area contributed by atoms with Crippen molar-refractivity contribution in [2.45, 2.75) is 20.5 Å². The van der Waals surface area contributed by atoms with Gasteiger partial charge in [-0.3, -0.25) is 4.79 Å². The van der Waals surface area contributed by atoms with E-state index in [9.17, 15) is 4.79 Å². The Morgan fingerprint density at radius 1 is 1.00 bits per heavy atom. The van der Waals surface area contributed by atoms with Crippen LogP contribution in [0.3, 0.4) is 0 Å². The van der Waals surface area contributed by atoms with E-state index in [1.54, 1.807) is 0 Å². The molecule has 0 spiro atoms. The highest BCUT2D eigenvalue weighted by molar-refractivity contribution is 5.83. The van der Waals surface area contributed by atoms with E-state index in [1.165, 1.54) is 0 Å². The van der Waals surface area contributed by atoms with Crippen LogP contribution in [-0.2, 0) is 6.61 Å². The number of H-pyrrole nitrogens is 1. The van der Waals surface area contributed by atoms with Gasteiger partial charge in [0, 0.05) is 17.0 Å². The van der Waals surface area contributed by atoms with E-state index in [0.29, 0.717) is 6.61 Å². The molecule has 0 atom stereocenters. The van der Waals surface area contributed by atoms with Crippen molar-refractivity contribution in [2.24, 2.45) is 0 Å². The zero-order chi connectivity index (χ0) is 14.8. The first-order valence-electron chi connectivity index (χ1n) is 6.95. The van der Waals surface area contributed by atoms with Gasteiger partial charge in [0.15, 0.2) is 0 Å². The first kappa shape index (κ1) is 13.4. The highest BCUT2D eigenvalue weighted by atomic mass is 16.5. The van der Waals surface area contributed by atoms with Gasteiger partial charge in [-0.1, -0.05) is 30.3 Å². The monoisotopic (exact) mass is 279 g/mol. The zero-order valence-corrected chi connectivity index (χ0v) is 12.1. The van der Waals surface area contributed by atoms with Gasteiger partial charge in [-0.05, 0) is 37.1 Å². The molecule has 21 heavy (non-hydrogen) atoms. The number of hydrogen-bond acceptors (Lipinski definition) is 2. The summed E-state index contributed by atoms with van der Waals surface area (Å²) in [6, 6.07) is 15.8. The smallest absolute Gasteiger partial charge is 0.251 e. The molecule has 3 nitrogen and oxygen atoms in total. The van der Waals surface area contributed by atoms with Crippen LogP contribution in [0.1, 0.15) is 16.7 Å². The molecule has 0 aliphatic carbocycles. The summed E-state index contributed by atoms with van der Waals surface area (Å²) in [7, 11) is 0. The number of nitrogens with one attached hydrogen (secondary N) is 1. The van der Waals surface area contributed by atoms with E-state index < -0.39 is 0 Å². The molecule has 3 rings (SSSR count). The third-order valence-corrected chi connectivity index (χ3v) is 3.79. The summed E-state index contributed by atoms with van der Waals surface area (Å²) < 4.78 is 5.79. The summed E-state index contributed by atoms with van der Waals surface area (Å²) in [4.78, 5) is 14.7. The minimum Gasteiger partial charge on any atom is -0.489 e. The van der Waals surface area contributed by atoms with Crippen molar-refractivity contribution in [3.05, 3.63) is 75.6 Å². The Morgan fingerprint density at radius 3 is 2.52 bits per heavy atom. The van der Waals surface area contributed by atoms with Gasteiger partial charge in [0.25, 0.3) is 5.56 Å². The molecule has 3 heteroatoms. The Morgan fingerprint density at radius 2 is 1.76 bits per heavy atom. The molecule has 0 radical (unpaired) electrons. The molecule has 0 aliphatic heterocycles. The number of aromatic amines is 1. The van der Waals surface area contributed by atoms with Crippen LogP contribution in [-0.4, -0.2) is 4.98 Å². The van der Waals surface area contributed by atoms with E-state index in [-0.39, 0.29) is 5.56 Å². The fraction of sp³-hybridized carbons (Fsp3) is 0.167. The lowest BCUT2D eigenvalue weighted by molar-refractivity contribution is 0.306. The average Bonchev–Trinajstić information content (AvgIpc) is 2.51. The lowest BCUT2D eigenvalue weighted by Crippen LogP contribution is -2.11. The Kier molecular flexibility index (Phi) is 3.48. The van der Waals surface area contributed by atoms with Crippen LogP contribution in [0.15, 0.2) is 53.3 Å². The highest BCUT2D eigenvalue weighted by Crippen LogP contribution is 2.22. The van der Waals surface area contributed by atoms with Crippen LogP contribution in [0.5, 0.6) is 5.75 Å². The largest absolute Gasteiger partial charge is 0.489 e. The van der Waals surface area contributed by atoms with Gasteiger partial charge in [0.1, 0.15) is 12.4 Å². The zero-order valence-electron chi connectivity index (χ0n) is 12.1. The Bertz CT molecular complexity index is 835. The second-order valence-corrected chi connectivity index (χ2v) is 5.19. The molecular formula is C18H17NO2. The second kappa shape index (κ2) is 5.44. The fourth-order valence-corrected chi connectivity index (χ4v) is 2.37. The van der Waals surface area contributed by atoms with Crippen LogP contribution >= 0.6 is 0 Å². The molecule has 106 valence electrons. The molecule has 1 N–H and O–H groups in total. The quantitative estimate of drug-likeness (QED) is 0.794. The van der Waals surface area contributed by atoms with E-state index in [0.717, 1.165) is 33.3 Å². The molecule has 0 unspecified atom stereocenters. The molecule has 2 aromatic carbocycles. The topological polar surface area (TPSA) is 42.1 Å². The van der Waals surface area contributed by atoms with E-state index in [1.807, 2.05) is 62.4 Å². The number of aryl methyl sites for hydroxylation is 1. The van der Waals surface area contributed by atoms with E-state index in [2.05, 4.69) is 4.98 Å². The molecule has 0 fully saturated rings. The average molecular weight is 279 g/mol. The molecule has 0 saturated carbocycles. The number of rotatable bonds is 3. The number of pyridine rings is 1. The van der Waals surface area contributed by atoms with E-state index in [4.69, 9.17) is 4.74 Å². The predicted octanol–water partition coefficient (Wildman–Crippen LogP) is 3.72. The number of fused-ring (bicyclic) bond motifs is 1. The van der Waals surface area contributed by atoms with Crippen LogP contribution in [0.2, 0.25) is 0 Å². The number of benzene rings is 2. The van der Waals surface area contributed by atoms with Gasteiger partial charge < -0.3 is 9.72 Å². The Balaban J connectivity index is 1.91. The van der Waals surface area contributed by atoms with Gasteiger partial charge in [0.2, 0.25) is 0 Å². The fourth-order valence-electron chi connectivity index (χ4n) is 2.37. The molecular weight excluding hydrogens is 262 g/mol. The Hall–Kier alpha value is -2.55. The predicted molar refractivity (Wildman–Crippen MR) is 84.8 cm³/mol. The van der Waals surface area contributed by atoms with Gasteiger partial charge >= 0.3 is 0 Å². The maximum atomic E-state index is 11.8. The van der Waals surface area contributed by atoms with Crippen molar-refractivity contribution in [1.82, 2.24) is 4.98 Å². The van der Waals surface area contributed by atoms with Gasteiger partial charge in [0.05, 0.1) is 5.52 Å². The minimum atomic E-state index is -0.0415. The molecule has 0 saturated heterocycles. The van der Waals surface area contributed by atoms with Crippen LogP contribution in [0, 0.1) is 13.8 Å². The first-order valence-corrected chi connectivity index (χ1v) is 6.95. The summed E-state index contributed by atoms with van der Waals surface area (Å²) >= 11 is 0. The molecule has 3 aromatic rings. The van der Waals surface area contributed by atoms with E-state index >= 15 is 0 Å². The number of hydrogen-bond donors (Lipinski definition) is 1. The molecule has 0 bridgehead atoms. The number of ether oxygens (including phenoxy) is 1. The van der Waals surface area contributed by atoms with Crippen LogP contribution < -0.4 is 10.3 Å². The van der Waals surface area contributed by atoms with Crippen molar-refractivity contribution >= 4 is 10.9 Å². The Labute approximate surface area is 123 Å². The summed E-state index contributed by atoms with van der Waals surface area (Å²) in [5, 5.41) is 1.05. The third kappa shape index (κ3) is 2.68. The maximum Gasteiger partial charge on any atom is 0.251 e. The van der Waals surface area contributed by atoms with Crippen molar-refractivity contribution in [2.75, 3.05) is 0 Å². The van der Waals surface area contributed by atoms with Crippen LogP contribution in [0.4, 0.5) is 0 Å². The molecule has 1 aromatic heterocycles. The van der Waals surface area contributed by atoms with Crippen molar-refractivity contribution < 1.29 is 4.74 Å². The van der Waals surface area contributed by atoms with Crippen molar-refractivity contribution in [1.29, 1.82) is 0 Å². The van der Waals surface area contributed by atoms with Crippen molar-refractivity contribution in [3.8, 4) is 5.75 Å². The summed E-state index contributed by atoms with van der Waals surface area (Å²) in [6.45, 7) is 4.33. The van der Waals surface area contributed by atoms with Gasteiger partial charge in [-0.2, -0.15) is 0 Å². The SMILES string of the molecule is Cc1c(C)c2ccc(OCc3ccccc3)cc2[nH]c1=O. The molecule has 0 aliphatic rings. The van der Waals surface area contributed by atoms with Gasteiger partial charge in [-0.15, -0.1) is 0 Å². The normalized spacial score (nSPS) is 10.8. The molecule has 1 heterocycles. The minimum absolute atomic E-state index is 0.0415. The van der Waals surface area contributed by atoms with Crippen molar-refractivity contribution in [3.63, 3.8) is 0 Å². The summed E-state index contributed by atoms with van der Waals surface area (Å²) in [5.74, 6) is 0.755. The van der Waals surface area contributed by atoms with Gasteiger partial charge in [-0.25, -0.2) is 0 Å². The maximum absolute atomic E-state index is 11.8. The lowest BCUT2D eigenvalue weighted by Gasteiger charge is -2.09. The molecule has 0 amide bonds. The summed E-state index contributed by atoms with van der Waals surface area (Å²) in [5.41, 5.74) is 3.67. The first-order chi connectivity index (χ1) is 10.1. The standard InChI is InChI=1S/C18H17NO2/c1-12-13(2)18(20)19-17-10-15(8-9-16(12)17)21-11-14-6-4-3-5-7-14/h3-10H,11H2,1-2H3,(H,19,20). The lowest BCUT2D eigenvalue weighted by atomic mass is 10.1.